The molecule has 0 heterocycles. The molecule has 2 rings (SSSR count). The Morgan fingerprint density at radius 2 is 1.84 bits per heavy atom. The number of hydrogen-bond acceptors (Lipinski definition) is 4. The van der Waals surface area contributed by atoms with E-state index in [1.54, 1.807) is 6.07 Å². The Labute approximate surface area is 151 Å². The van der Waals surface area contributed by atoms with E-state index in [1.165, 1.54) is 6.42 Å². The fourth-order valence-electron chi connectivity index (χ4n) is 3.71. The number of benzene rings is 1. The number of aromatic hydroxyl groups is 1. The first-order valence-electron chi connectivity index (χ1n) is 9.37. The highest BCUT2D eigenvalue weighted by molar-refractivity contribution is 5.73. The number of phenols is 1. The van der Waals surface area contributed by atoms with E-state index in [0.717, 1.165) is 36.8 Å². The predicted octanol–water partition coefficient (Wildman–Crippen LogP) is 4.59. The van der Waals surface area contributed by atoms with Crippen LogP contribution in [0.2, 0.25) is 0 Å². The van der Waals surface area contributed by atoms with Crippen LogP contribution < -0.4 is 4.74 Å². The topological polar surface area (TPSA) is 66.8 Å². The lowest BCUT2D eigenvalue weighted by atomic mass is 9.69. The van der Waals surface area contributed by atoms with Crippen LogP contribution in [0.1, 0.15) is 83.8 Å². The van der Waals surface area contributed by atoms with Gasteiger partial charge in [-0.2, -0.15) is 0 Å². The third kappa shape index (κ3) is 4.75. The molecular weight excluding hydrogens is 316 g/mol. The summed E-state index contributed by atoms with van der Waals surface area (Å²) in [6.45, 7) is 8.32. The summed E-state index contributed by atoms with van der Waals surface area (Å²) in [5.41, 5.74) is 1.36. The molecule has 0 radical (unpaired) electrons. The van der Waals surface area contributed by atoms with Crippen molar-refractivity contribution < 1.29 is 19.7 Å². The molecule has 4 nitrogen and oxygen atoms in total. The van der Waals surface area contributed by atoms with Crippen LogP contribution in [-0.4, -0.2) is 22.8 Å². The van der Waals surface area contributed by atoms with Gasteiger partial charge < -0.3 is 14.9 Å². The summed E-state index contributed by atoms with van der Waals surface area (Å²) >= 11 is 0. The second-order valence-electron chi connectivity index (χ2n) is 8.54. The van der Waals surface area contributed by atoms with E-state index in [9.17, 15) is 9.90 Å². The van der Waals surface area contributed by atoms with Crippen LogP contribution in [0.15, 0.2) is 12.1 Å². The fourth-order valence-corrected chi connectivity index (χ4v) is 3.71. The number of aliphatic hydroxyl groups is 1. The van der Waals surface area contributed by atoms with Crippen LogP contribution in [-0.2, 0) is 15.6 Å². The van der Waals surface area contributed by atoms with Gasteiger partial charge in [-0.1, -0.05) is 47.0 Å². The largest absolute Gasteiger partial charge is 0.507 e. The molecule has 25 heavy (non-hydrogen) atoms. The Morgan fingerprint density at radius 3 is 2.40 bits per heavy atom. The van der Waals surface area contributed by atoms with Gasteiger partial charge in [-0.25, -0.2) is 0 Å². The van der Waals surface area contributed by atoms with Crippen molar-refractivity contribution in [3.63, 3.8) is 0 Å². The Kier molecular flexibility index (Phi) is 6.15. The minimum atomic E-state index is -0.348. The van der Waals surface area contributed by atoms with Gasteiger partial charge >= 0.3 is 5.97 Å². The molecule has 1 aliphatic rings. The van der Waals surface area contributed by atoms with Gasteiger partial charge in [-0.3, -0.25) is 4.79 Å². The van der Waals surface area contributed by atoms with E-state index in [2.05, 4.69) is 6.92 Å². The summed E-state index contributed by atoms with van der Waals surface area (Å²) in [6.07, 6.45) is 6.20. The number of rotatable bonds is 5. The van der Waals surface area contributed by atoms with Crippen molar-refractivity contribution in [2.24, 2.45) is 0 Å². The molecule has 2 N–H and O–H groups in total. The highest BCUT2D eigenvalue weighted by Crippen LogP contribution is 2.47. The number of aliphatic hydroxyl groups excluding tert-OH is 1. The van der Waals surface area contributed by atoms with Gasteiger partial charge in [0.2, 0.25) is 0 Å². The van der Waals surface area contributed by atoms with Crippen molar-refractivity contribution >= 4 is 5.97 Å². The number of hydrogen-bond donors (Lipinski definition) is 2. The zero-order chi connectivity index (χ0) is 18.7. The van der Waals surface area contributed by atoms with Crippen molar-refractivity contribution in [1.29, 1.82) is 0 Å². The fraction of sp³-hybridized carbons (Fsp3) is 0.667. The molecule has 0 amide bonds. The second-order valence-corrected chi connectivity index (χ2v) is 8.54. The van der Waals surface area contributed by atoms with E-state index < -0.39 is 0 Å². The smallest absolute Gasteiger partial charge is 0.311 e. The van der Waals surface area contributed by atoms with E-state index in [0.29, 0.717) is 17.9 Å². The molecule has 0 spiro atoms. The minimum Gasteiger partial charge on any atom is -0.507 e. The van der Waals surface area contributed by atoms with Crippen molar-refractivity contribution in [3.8, 4) is 11.5 Å². The third-order valence-electron chi connectivity index (χ3n) is 5.27. The Bertz CT molecular complexity index is 607. The molecule has 0 bridgehead atoms. The first kappa shape index (κ1) is 19.8. The molecule has 1 aromatic rings. The number of ether oxygens (including phenoxy) is 1. The minimum absolute atomic E-state index is 0.0265. The number of carbonyl (C=O) groups excluding carboxylic acids is 1. The van der Waals surface area contributed by atoms with E-state index in [1.807, 2.05) is 26.8 Å². The molecule has 0 unspecified atom stereocenters. The molecule has 0 saturated heterocycles. The molecular formula is C21H32O4. The molecule has 1 saturated carbocycles. The highest BCUT2D eigenvalue weighted by Gasteiger charge is 2.34. The zero-order valence-electron chi connectivity index (χ0n) is 16.0. The first-order chi connectivity index (χ1) is 11.7. The zero-order valence-corrected chi connectivity index (χ0v) is 16.0. The van der Waals surface area contributed by atoms with Crippen LogP contribution in [0, 0.1) is 0 Å². The van der Waals surface area contributed by atoms with E-state index in [4.69, 9.17) is 9.84 Å². The number of carbonyl (C=O) groups is 1. The maximum atomic E-state index is 12.0. The molecule has 1 aromatic carbocycles. The number of phenolic OH excluding ortho intramolecular Hbond substituents is 1. The lowest BCUT2D eigenvalue weighted by Gasteiger charge is -2.36. The molecule has 4 heteroatoms. The molecule has 0 aliphatic heterocycles. The normalized spacial score (nSPS) is 17.3. The van der Waals surface area contributed by atoms with Crippen LogP contribution in [0.25, 0.3) is 0 Å². The standard InChI is InChI=1S/C21H32O4/c1-20(2,3)16-13-15(25-18(23)9-8-12-22)14-17(19(16)24)21(4)10-6-5-7-11-21/h13-14,22,24H,5-12H2,1-4H3. The SMILES string of the molecule is CC(C)(C)c1cc(OC(=O)CCCO)cc(C2(C)CCCCC2)c1O. The molecule has 1 fully saturated rings. The highest BCUT2D eigenvalue weighted by atomic mass is 16.5. The van der Waals surface area contributed by atoms with Crippen LogP contribution in [0.3, 0.4) is 0 Å². The first-order valence-corrected chi connectivity index (χ1v) is 9.37. The lowest BCUT2D eigenvalue weighted by molar-refractivity contribution is -0.134. The van der Waals surface area contributed by atoms with Gasteiger partial charge in [-0.05, 0) is 42.2 Å². The summed E-state index contributed by atoms with van der Waals surface area (Å²) in [4.78, 5) is 12.0. The molecule has 0 atom stereocenters. The number of esters is 1. The van der Waals surface area contributed by atoms with Crippen LogP contribution >= 0.6 is 0 Å². The summed E-state index contributed by atoms with van der Waals surface area (Å²) in [7, 11) is 0. The van der Waals surface area contributed by atoms with Gasteiger partial charge in [0.1, 0.15) is 11.5 Å². The summed E-state index contributed by atoms with van der Waals surface area (Å²) in [6, 6.07) is 3.62. The summed E-state index contributed by atoms with van der Waals surface area (Å²) in [5, 5.41) is 19.8. The average molecular weight is 348 g/mol. The van der Waals surface area contributed by atoms with Gasteiger partial charge in [0.05, 0.1) is 0 Å². The van der Waals surface area contributed by atoms with Crippen molar-refractivity contribution in [1.82, 2.24) is 0 Å². The molecule has 140 valence electrons. The Balaban J connectivity index is 2.43. The quantitative estimate of drug-likeness (QED) is 0.603. The third-order valence-corrected chi connectivity index (χ3v) is 5.27. The second kappa shape index (κ2) is 7.77. The maximum absolute atomic E-state index is 12.0. The summed E-state index contributed by atoms with van der Waals surface area (Å²) in [5.74, 6) is 0.485. The monoisotopic (exact) mass is 348 g/mol. The van der Waals surface area contributed by atoms with E-state index in [-0.39, 0.29) is 29.8 Å². The maximum Gasteiger partial charge on any atom is 0.311 e. The van der Waals surface area contributed by atoms with Crippen molar-refractivity contribution in [3.05, 3.63) is 23.3 Å². The molecule has 1 aliphatic carbocycles. The Morgan fingerprint density at radius 1 is 1.20 bits per heavy atom. The Hall–Kier alpha value is -1.55. The average Bonchev–Trinajstić information content (AvgIpc) is 2.54. The van der Waals surface area contributed by atoms with Crippen LogP contribution in [0.4, 0.5) is 0 Å². The van der Waals surface area contributed by atoms with Gasteiger partial charge in [0.25, 0.3) is 0 Å². The van der Waals surface area contributed by atoms with Crippen molar-refractivity contribution in [2.45, 2.75) is 83.5 Å². The van der Waals surface area contributed by atoms with Gasteiger partial charge in [0, 0.05) is 24.2 Å². The van der Waals surface area contributed by atoms with E-state index >= 15 is 0 Å². The van der Waals surface area contributed by atoms with Crippen LogP contribution in [0.5, 0.6) is 11.5 Å². The van der Waals surface area contributed by atoms with Gasteiger partial charge in [-0.15, -0.1) is 0 Å². The van der Waals surface area contributed by atoms with Crippen molar-refractivity contribution in [2.75, 3.05) is 6.61 Å². The predicted molar refractivity (Wildman–Crippen MR) is 99.2 cm³/mol. The van der Waals surface area contributed by atoms with Gasteiger partial charge in [0.15, 0.2) is 0 Å². The summed E-state index contributed by atoms with van der Waals surface area (Å²) < 4.78 is 5.52. The molecule has 0 aromatic heterocycles. The lowest BCUT2D eigenvalue weighted by Crippen LogP contribution is -2.26.